The van der Waals surface area contributed by atoms with Crippen molar-refractivity contribution in [3.8, 4) is 16.8 Å². The van der Waals surface area contributed by atoms with Crippen molar-refractivity contribution in [3.05, 3.63) is 75.9 Å². The second-order valence-electron chi connectivity index (χ2n) is 6.03. The van der Waals surface area contributed by atoms with E-state index in [1.807, 2.05) is 0 Å². The van der Waals surface area contributed by atoms with Crippen LogP contribution in [-0.2, 0) is 4.79 Å². The summed E-state index contributed by atoms with van der Waals surface area (Å²) < 4.78 is 27.9. The lowest BCUT2D eigenvalue weighted by Crippen LogP contribution is -2.22. The Hall–Kier alpha value is -3.04. The summed E-state index contributed by atoms with van der Waals surface area (Å²) >= 11 is 2.15. The number of benzene rings is 2. The third-order valence-electron chi connectivity index (χ3n) is 4.14. The largest absolute Gasteiger partial charge is 0.481 e. The van der Waals surface area contributed by atoms with E-state index in [-0.39, 0.29) is 16.7 Å². The Balaban J connectivity index is 1.97. The molecule has 2 aromatic heterocycles. The summed E-state index contributed by atoms with van der Waals surface area (Å²) in [5.74, 6) is -2.18. The Bertz CT molecular complexity index is 1270. The Morgan fingerprint density at radius 1 is 1.07 bits per heavy atom. The van der Waals surface area contributed by atoms with E-state index in [0.717, 1.165) is 11.8 Å². The molecule has 0 bridgehead atoms. The normalized spacial score (nSPS) is 11.1. The van der Waals surface area contributed by atoms with Crippen molar-refractivity contribution in [1.29, 1.82) is 0 Å². The molecular formula is C20H12F2N2O3S2. The van der Waals surface area contributed by atoms with E-state index in [9.17, 15) is 18.4 Å². The number of thioether (sulfide) groups is 1. The number of carboxylic acids is 1. The van der Waals surface area contributed by atoms with Gasteiger partial charge in [0.2, 0.25) is 0 Å². The minimum Gasteiger partial charge on any atom is -0.481 e. The van der Waals surface area contributed by atoms with Crippen LogP contribution in [0.1, 0.15) is 0 Å². The average Bonchev–Trinajstić information content (AvgIpc) is 3.12. The topological polar surface area (TPSA) is 72.2 Å². The first-order chi connectivity index (χ1) is 13.9. The van der Waals surface area contributed by atoms with Crippen molar-refractivity contribution < 1.29 is 18.7 Å². The fraction of sp³-hybridized carbons (Fsp3) is 0.0500. The molecule has 4 rings (SSSR count). The highest BCUT2D eigenvalue weighted by molar-refractivity contribution is 7.99. The number of hydrogen-bond donors (Lipinski definition) is 1. The molecule has 4 aromatic rings. The summed E-state index contributed by atoms with van der Waals surface area (Å²) in [6.07, 6.45) is 0. The van der Waals surface area contributed by atoms with Crippen LogP contribution in [0.15, 0.2) is 63.9 Å². The number of carbonyl (C=O) groups is 1. The molecule has 2 aromatic carbocycles. The van der Waals surface area contributed by atoms with Gasteiger partial charge in [0, 0.05) is 10.9 Å². The maximum Gasteiger partial charge on any atom is 0.313 e. The van der Waals surface area contributed by atoms with Crippen molar-refractivity contribution in [1.82, 2.24) is 9.55 Å². The molecule has 1 N–H and O–H groups in total. The average molecular weight is 430 g/mol. The molecule has 0 atom stereocenters. The maximum absolute atomic E-state index is 13.4. The van der Waals surface area contributed by atoms with Crippen molar-refractivity contribution in [3.63, 3.8) is 0 Å². The van der Waals surface area contributed by atoms with Gasteiger partial charge in [0.05, 0.1) is 16.8 Å². The van der Waals surface area contributed by atoms with E-state index in [4.69, 9.17) is 5.11 Å². The Labute approximate surface area is 171 Å². The summed E-state index contributed by atoms with van der Waals surface area (Å²) in [7, 11) is 0. The van der Waals surface area contributed by atoms with Gasteiger partial charge in [-0.05, 0) is 42.0 Å². The zero-order chi connectivity index (χ0) is 20.5. The van der Waals surface area contributed by atoms with Crippen molar-refractivity contribution in [2.75, 3.05) is 5.75 Å². The summed E-state index contributed by atoms with van der Waals surface area (Å²) in [6.45, 7) is 0. The van der Waals surface area contributed by atoms with Gasteiger partial charge in [0.1, 0.15) is 16.5 Å². The third kappa shape index (κ3) is 3.79. The molecule has 0 fully saturated rings. The number of nitrogens with zero attached hydrogens (tertiary/aromatic N) is 2. The van der Waals surface area contributed by atoms with E-state index in [1.165, 1.54) is 52.3 Å². The molecule has 0 aliphatic rings. The molecule has 0 spiro atoms. The van der Waals surface area contributed by atoms with Gasteiger partial charge in [-0.3, -0.25) is 14.2 Å². The van der Waals surface area contributed by atoms with Gasteiger partial charge < -0.3 is 5.11 Å². The maximum atomic E-state index is 13.4. The minimum absolute atomic E-state index is 0.198. The second kappa shape index (κ2) is 7.76. The second-order valence-corrected chi connectivity index (χ2v) is 7.83. The lowest BCUT2D eigenvalue weighted by molar-refractivity contribution is -0.133. The van der Waals surface area contributed by atoms with E-state index in [2.05, 4.69) is 4.98 Å². The van der Waals surface area contributed by atoms with E-state index in [0.29, 0.717) is 27.0 Å². The molecule has 0 aliphatic carbocycles. The van der Waals surface area contributed by atoms with E-state index >= 15 is 0 Å². The number of carboxylic acid groups (broad SMARTS) is 1. The zero-order valence-electron chi connectivity index (χ0n) is 14.6. The zero-order valence-corrected chi connectivity index (χ0v) is 16.3. The third-order valence-corrected chi connectivity index (χ3v) is 5.94. The summed E-state index contributed by atoms with van der Waals surface area (Å²) in [6, 6.07) is 11.1. The number of halogens is 2. The van der Waals surface area contributed by atoms with Crippen LogP contribution in [0.2, 0.25) is 0 Å². The smallest absolute Gasteiger partial charge is 0.313 e. The number of aromatic nitrogens is 2. The number of hydrogen-bond acceptors (Lipinski definition) is 5. The van der Waals surface area contributed by atoms with Gasteiger partial charge in [-0.15, -0.1) is 11.3 Å². The standard InChI is InChI=1S/C20H12F2N2O3S2/c21-12-3-1-11(2-4-12)15-9-28-18-17(15)19(27)24(14-7-5-13(22)6-8-14)20(23-18)29-10-16(25)26/h1-9H,10H2,(H,25,26). The molecule has 0 radical (unpaired) electrons. The lowest BCUT2D eigenvalue weighted by Gasteiger charge is -2.12. The Kier molecular flexibility index (Phi) is 5.16. The molecule has 0 aliphatic heterocycles. The van der Waals surface area contributed by atoms with Gasteiger partial charge in [-0.25, -0.2) is 13.8 Å². The highest BCUT2D eigenvalue weighted by Crippen LogP contribution is 2.33. The van der Waals surface area contributed by atoms with E-state index in [1.54, 1.807) is 17.5 Å². The molecule has 29 heavy (non-hydrogen) atoms. The predicted molar refractivity (Wildman–Crippen MR) is 109 cm³/mol. The highest BCUT2D eigenvalue weighted by atomic mass is 32.2. The van der Waals surface area contributed by atoms with Crippen LogP contribution in [0.5, 0.6) is 0 Å². The van der Waals surface area contributed by atoms with Crippen LogP contribution in [0, 0.1) is 11.6 Å². The molecule has 146 valence electrons. The molecule has 0 unspecified atom stereocenters. The van der Waals surface area contributed by atoms with Crippen molar-refractivity contribution in [2.24, 2.45) is 0 Å². The first-order valence-corrected chi connectivity index (χ1v) is 10.2. The first kappa shape index (κ1) is 19.3. The predicted octanol–water partition coefficient (Wildman–Crippen LogP) is 4.57. The fourth-order valence-corrected chi connectivity index (χ4v) is 4.58. The SMILES string of the molecule is O=C(O)CSc1nc2scc(-c3ccc(F)cc3)c2c(=O)n1-c1ccc(F)cc1. The van der Waals surface area contributed by atoms with Crippen molar-refractivity contribution in [2.45, 2.75) is 5.16 Å². The number of thiophene rings is 1. The summed E-state index contributed by atoms with van der Waals surface area (Å²) in [4.78, 5) is 29.3. The highest BCUT2D eigenvalue weighted by Gasteiger charge is 2.19. The van der Waals surface area contributed by atoms with Crippen LogP contribution in [0.3, 0.4) is 0 Å². The van der Waals surface area contributed by atoms with Gasteiger partial charge in [-0.2, -0.15) is 0 Å². The van der Waals surface area contributed by atoms with Crippen molar-refractivity contribution >= 4 is 39.3 Å². The van der Waals surface area contributed by atoms with Gasteiger partial charge in [-0.1, -0.05) is 23.9 Å². The molecule has 9 heteroatoms. The quantitative estimate of drug-likeness (QED) is 0.371. The van der Waals surface area contributed by atoms with Crippen LogP contribution in [0.4, 0.5) is 8.78 Å². The van der Waals surface area contributed by atoms with E-state index < -0.39 is 17.3 Å². The van der Waals surface area contributed by atoms with Gasteiger partial charge >= 0.3 is 5.97 Å². The van der Waals surface area contributed by atoms with Crippen LogP contribution >= 0.6 is 23.1 Å². The van der Waals surface area contributed by atoms with Crippen LogP contribution in [-0.4, -0.2) is 26.4 Å². The fourth-order valence-electron chi connectivity index (χ4n) is 2.86. The number of rotatable bonds is 5. The molecular weight excluding hydrogens is 418 g/mol. The molecule has 0 saturated carbocycles. The van der Waals surface area contributed by atoms with Crippen LogP contribution < -0.4 is 5.56 Å². The number of fused-ring (bicyclic) bond motifs is 1. The van der Waals surface area contributed by atoms with Crippen LogP contribution in [0.25, 0.3) is 27.0 Å². The monoisotopic (exact) mass is 430 g/mol. The Morgan fingerprint density at radius 2 is 1.69 bits per heavy atom. The molecule has 5 nitrogen and oxygen atoms in total. The minimum atomic E-state index is -1.05. The van der Waals surface area contributed by atoms with Gasteiger partial charge in [0.15, 0.2) is 5.16 Å². The lowest BCUT2D eigenvalue weighted by atomic mass is 10.1. The molecule has 0 saturated heterocycles. The summed E-state index contributed by atoms with van der Waals surface area (Å²) in [5, 5.41) is 11.3. The molecule has 2 heterocycles. The first-order valence-electron chi connectivity index (χ1n) is 8.35. The summed E-state index contributed by atoms with van der Waals surface area (Å²) in [5.41, 5.74) is 1.23. The van der Waals surface area contributed by atoms with Gasteiger partial charge in [0.25, 0.3) is 5.56 Å². The molecule has 0 amide bonds. The number of aliphatic carboxylic acids is 1. The Morgan fingerprint density at radius 3 is 2.31 bits per heavy atom.